The van der Waals surface area contributed by atoms with Crippen LogP contribution in [-0.4, -0.2) is 35.2 Å². The minimum atomic E-state index is -0.310. The van der Waals surface area contributed by atoms with Gasteiger partial charge < -0.3 is 10.4 Å². The molecule has 5 heteroatoms. The predicted molar refractivity (Wildman–Crippen MR) is 72.1 cm³/mol. The van der Waals surface area contributed by atoms with E-state index in [2.05, 4.69) is 5.32 Å². The van der Waals surface area contributed by atoms with E-state index in [0.29, 0.717) is 0 Å². The van der Waals surface area contributed by atoms with E-state index in [1.54, 1.807) is 12.1 Å². The van der Waals surface area contributed by atoms with E-state index in [9.17, 15) is 9.18 Å². The van der Waals surface area contributed by atoms with Crippen LogP contribution in [0.3, 0.4) is 0 Å². The third kappa shape index (κ3) is 4.66. The Hall–Kier alpha value is -1.07. The Labute approximate surface area is 111 Å². The van der Waals surface area contributed by atoms with Gasteiger partial charge in [0, 0.05) is 11.3 Å². The number of aliphatic hydroxyl groups excluding tert-OH is 1. The first-order chi connectivity index (χ1) is 8.56. The van der Waals surface area contributed by atoms with Crippen molar-refractivity contribution in [1.29, 1.82) is 0 Å². The number of carbonyl (C=O) groups excluding carboxylic acids is 1. The van der Waals surface area contributed by atoms with Crippen LogP contribution < -0.4 is 5.32 Å². The van der Waals surface area contributed by atoms with Crippen LogP contribution in [0.4, 0.5) is 4.39 Å². The van der Waals surface area contributed by atoms with Crippen molar-refractivity contribution in [3.05, 3.63) is 35.6 Å². The fraction of sp³-hybridized carbons (Fsp3) is 0.462. The van der Waals surface area contributed by atoms with Crippen LogP contribution in [0.25, 0.3) is 0 Å². The average Bonchev–Trinajstić information content (AvgIpc) is 2.33. The summed E-state index contributed by atoms with van der Waals surface area (Å²) in [5.41, 5.74) is 0.769. The molecule has 0 aliphatic rings. The van der Waals surface area contributed by atoms with Crippen LogP contribution in [0.15, 0.2) is 24.3 Å². The number of benzene rings is 1. The molecule has 2 atom stereocenters. The second-order valence-electron chi connectivity index (χ2n) is 4.12. The van der Waals surface area contributed by atoms with Crippen LogP contribution in [0, 0.1) is 5.82 Å². The second-order valence-corrected chi connectivity index (χ2v) is 5.19. The van der Waals surface area contributed by atoms with Gasteiger partial charge in [0.1, 0.15) is 5.82 Å². The summed E-state index contributed by atoms with van der Waals surface area (Å²) in [6, 6.07) is 5.77. The summed E-state index contributed by atoms with van der Waals surface area (Å²) in [7, 11) is 0. The summed E-state index contributed by atoms with van der Waals surface area (Å²) in [6.07, 6.45) is 2.11. The molecule has 1 aromatic carbocycles. The molecule has 0 aromatic heterocycles. The standard InChI is InChI=1S/C13H18FNO2S/c1-9(12(8-16)18-2)15-13(17)7-10-3-5-11(14)6-4-10/h3-6,9,12,16H,7-8H2,1-2H3,(H,15,17). The summed E-state index contributed by atoms with van der Waals surface area (Å²) in [5.74, 6) is -0.433. The van der Waals surface area contributed by atoms with Gasteiger partial charge in [0.25, 0.3) is 0 Å². The van der Waals surface area contributed by atoms with Crippen molar-refractivity contribution in [1.82, 2.24) is 5.32 Å². The van der Waals surface area contributed by atoms with Crippen LogP contribution >= 0.6 is 11.8 Å². The Balaban J connectivity index is 2.48. The smallest absolute Gasteiger partial charge is 0.224 e. The molecule has 1 amide bonds. The summed E-state index contributed by atoms with van der Waals surface area (Å²) in [6.45, 7) is 1.89. The molecule has 2 N–H and O–H groups in total. The van der Waals surface area contributed by atoms with Crippen molar-refractivity contribution in [2.75, 3.05) is 12.9 Å². The number of hydrogen-bond acceptors (Lipinski definition) is 3. The highest BCUT2D eigenvalue weighted by Gasteiger charge is 2.17. The van der Waals surface area contributed by atoms with Crippen molar-refractivity contribution in [3.8, 4) is 0 Å². The summed E-state index contributed by atoms with van der Waals surface area (Å²) < 4.78 is 12.7. The molecule has 0 heterocycles. The molecule has 0 spiro atoms. The molecule has 0 fully saturated rings. The van der Waals surface area contributed by atoms with Gasteiger partial charge in [0.2, 0.25) is 5.91 Å². The molecule has 18 heavy (non-hydrogen) atoms. The van der Waals surface area contributed by atoms with E-state index in [1.807, 2.05) is 13.2 Å². The first-order valence-electron chi connectivity index (χ1n) is 5.74. The lowest BCUT2D eigenvalue weighted by Crippen LogP contribution is -2.41. The predicted octanol–water partition coefficient (Wildman–Crippen LogP) is 1.60. The number of hydrogen-bond donors (Lipinski definition) is 2. The van der Waals surface area contributed by atoms with Crippen LogP contribution in [0.5, 0.6) is 0 Å². The largest absolute Gasteiger partial charge is 0.395 e. The SMILES string of the molecule is CSC(CO)C(C)NC(=O)Cc1ccc(F)cc1. The average molecular weight is 271 g/mol. The maximum atomic E-state index is 12.7. The summed E-state index contributed by atoms with van der Waals surface area (Å²) in [5, 5.41) is 11.9. The minimum absolute atomic E-state index is 0.0119. The number of amides is 1. The fourth-order valence-corrected chi connectivity index (χ4v) is 2.25. The fourth-order valence-electron chi connectivity index (χ4n) is 1.62. The van der Waals surface area contributed by atoms with E-state index in [0.717, 1.165) is 5.56 Å². The van der Waals surface area contributed by atoms with Crippen LogP contribution in [-0.2, 0) is 11.2 Å². The van der Waals surface area contributed by atoms with Gasteiger partial charge in [0.15, 0.2) is 0 Å². The van der Waals surface area contributed by atoms with Gasteiger partial charge >= 0.3 is 0 Å². The summed E-state index contributed by atoms with van der Waals surface area (Å²) in [4.78, 5) is 11.7. The molecule has 0 radical (unpaired) electrons. The highest BCUT2D eigenvalue weighted by Crippen LogP contribution is 2.10. The van der Waals surface area contributed by atoms with E-state index < -0.39 is 0 Å². The normalized spacial score (nSPS) is 14.0. The molecule has 3 nitrogen and oxygen atoms in total. The molecule has 0 aliphatic carbocycles. The van der Waals surface area contributed by atoms with E-state index >= 15 is 0 Å². The molecule has 100 valence electrons. The van der Waals surface area contributed by atoms with Crippen molar-refractivity contribution < 1.29 is 14.3 Å². The van der Waals surface area contributed by atoms with Crippen molar-refractivity contribution in [2.24, 2.45) is 0 Å². The Morgan fingerprint density at radius 2 is 2.06 bits per heavy atom. The zero-order chi connectivity index (χ0) is 13.5. The van der Waals surface area contributed by atoms with Gasteiger partial charge in [-0.2, -0.15) is 11.8 Å². The molecule has 1 rings (SSSR count). The topological polar surface area (TPSA) is 49.3 Å². The number of carbonyl (C=O) groups is 1. The van der Waals surface area contributed by atoms with E-state index in [-0.39, 0.29) is 36.0 Å². The number of thioether (sulfide) groups is 1. The lowest BCUT2D eigenvalue weighted by Gasteiger charge is -2.21. The molecular weight excluding hydrogens is 253 g/mol. The summed E-state index contributed by atoms with van der Waals surface area (Å²) >= 11 is 1.51. The monoisotopic (exact) mass is 271 g/mol. The van der Waals surface area contributed by atoms with Gasteiger partial charge in [-0.25, -0.2) is 4.39 Å². The Kier molecular flexibility index (Phi) is 6.15. The molecular formula is C13H18FNO2S. The third-order valence-electron chi connectivity index (χ3n) is 2.71. The van der Waals surface area contributed by atoms with E-state index in [1.165, 1.54) is 23.9 Å². The Morgan fingerprint density at radius 1 is 1.44 bits per heavy atom. The van der Waals surface area contributed by atoms with Crippen LogP contribution in [0.1, 0.15) is 12.5 Å². The van der Waals surface area contributed by atoms with Gasteiger partial charge in [-0.1, -0.05) is 12.1 Å². The molecule has 0 saturated carbocycles. The van der Waals surface area contributed by atoms with Gasteiger partial charge in [-0.05, 0) is 30.9 Å². The number of aliphatic hydroxyl groups is 1. The Morgan fingerprint density at radius 3 is 2.56 bits per heavy atom. The van der Waals surface area contributed by atoms with Crippen molar-refractivity contribution in [2.45, 2.75) is 24.6 Å². The third-order valence-corrected chi connectivity index (χ3v) is 3.87. The second kappa shape index (κ2) is 7.38. The Bertz CT molecular complexity index is 379. The molecule has 0 saturated heterocycles. The first kappa shape index (κ1) is 15.0. The zero-order valence-electron chi connectivity index (χ0n) is 10.5. The number of rotatable bonds is 6. The molecule has 0 aliphatic heterocycles. The minimum Gasteiger partial charge on any atom is -0.395 e. The van der Waals surface area contributed by atoms with Gasteiger partial charge in [-0.15, -0.1) is 0 Å². The zero-order valence-corrected chi connectivity index (χ0v) is 11.3. The first-order valence-corrected chi connectivity index (χ1v) is 7.03. The lowest BCUT2D eigenvalue weighted by molar-refractivity contribution is -0.121. The number of halogens is 1. The number of nitrogens with one attached hydrogen (secondary N) is 1. The van der Waals surface area contributed by atoms with Gasteiger partial charge in [0.05, 0.1) is 13.0 Å². The van der Waals surface area contributed by atoms with E-state index in [4.69, 9.17) is 5.11 Å². The highest BCUT2D eigenvalue weighted by molar-refractivity contribution is 7.99. The van der Waals surface area contributed by atoms with Gasteiger partial charge in [-0.3, -0.25) is 4.79 Å². The lowest BCUT2D eigenvalue weighted by atomic mass is 10.1. The molecule has 1 aromatic rings. The maximum Gasteiger partial charge on any atom is 0.224 e. The highest BCUT2D eigenvalue weighted by atomic mass is 32.2. The molecule has 0 bridgehead atoms. The quantitative estimate of drug-likeness (QED) is 0.826. The van der Waals surface area contributed by atoms with Crippen molar-refractivity contribution in [3.63, 3.8) is 0 Å². The van der Waals surface area contributed by atoms with Crippen molar-refractivity contribution >= 4 is 17.7 Å². The molecule has 2 unspecified atom stereocenters. The van der Waals surface area contributed by atoms with Crippen LogP contribution in [0.2, 0.25) is 0 Å². The maximum absolute atomic E-state index is 12.7.